The van der Waals surface area contributed by atoms with Crippen LogP contribution in [0.2, 0.25) is 0 Å². The average Bonchev–Trinajstić information content (AvgIpc) is 2.32. The quantitative estimate of drug-likeness (QED) is 0.589. The molecule has 1 aliphatic heterocycles. The summed E-state index contributed by atoms with van der Waals surface area (Å²) in [7, 11) is 0. The predicted octanol–water partition coefficient (Wildman–Crippen LogP) is 3.46. The molecule has 0 saturated heterocycles. The van der Waals surface area contributed by atoms with Gasteiger partial charge in [0.25, 0.3) is 0 Å². The van der Waals surface area contributed by atoms with Crippen molar-refractivity contribution in [3.05, 3.63) is 35.4 Å². The first-order chi connectivity index (χ1) is 7.22. The van der Waals surface area contributed by atoms with Crippen LogP contribution in [0.15, 0.2) is 24.3 Å². The van der Waals surface area contributed by atoms with Gasteiger partial charge in [-0.05, 0) is 17.5 Å². The van der Waals surface area contributed by atoms with Gasteiger partial charge < -0.3 is 0 Å². The smallest absolute Gasteiger partial charge is 0.0905 e. The summed E-state index contributed by atoms with van der Waals surface area (Å²) >= 11 is 12.5. The molecule has 1 aliphatic rings. The lowest BCUT2D eigenvalue weighted by Gasteiger charge is -2.21. The van der Waals surface area contributed by atoms with Crippen LogP contribution in [0.5, 0.6) is 0 Å². The normalized spacial score (nSPS) is 30.7. The highest BCUT2D eigenvalue weighted by Crippen LogP contribution is 2.32. The van der Waals surface area contributed by atoms with Crippen LogP contribution in [-0.4, -0.2) is 11.0 Å². The standard InChI is InChI=1S/C12H15Cl2N/c1-2-9-10-6-4-3-5-8(10)7-11(13)15-12(9)14/h3-6,9,11-12,15H,2,7H2,1H3. The Kier molecular flexibility index (Phi) is 3.55. The zero-order chi connectivity index (χ0) is 10.8. The zero-order valence-electron chi connectivity index (χ0n) is 8.71. The molecular weight excluding hydrogens is 229 g/mol. The largest absolute Gasteiger partial charge is 0.285 e. The summed E-state index contributed by atoms with van der Waals surface area (Å²) < 4.78 is 0. The molecule has 1 aromatic carbocycles. The Labute approximate surface area is 101 Å². The summed E-state index contributed by atoms with van der Waals surface area (Å²) in [6, 6.07) is 8.43. The minimum Gasteiger partial charge on any atom is -0.285 e. The van der Waals surface area contributed by atoms with Gasteiger partial charge in [-0.1, -0.05) is 31.2 Å². The van der Waals surface area contributed by atoms with Crippen LogP contribution < -0.4 is 5.32 Å². The molecule has 82 valence electrons. The van der Waals surface area contributed by atoms with Gasteiger partial charge in [-0.2, -0.15) is 0 Å². The highest BCUT2D eigenvalue weighted by molar-refractivity contribution is 6.23. The van der Waals surface area contributed by atoms with Gasteiger partial charge in [-0.15, -0.1) is 23.2 Å². The molecule has 1 nitrogen and oxygen atoms in total. The Hall–Kier alpha value is -0.240. The third kappa shape index (κ3) is 2.30. The van der Waals surface area contributed by atoms with E-state index in [2.05, 4.69) is 36.5 Å². The minimum atomic E-state index is -0.0684. The van der Waals surface area contributed by atoms with Crippen LogP contribution in [-0.2, 0) is 6.42 Å². The fourth-order valence-electron chi connectivity index (χ4n) is 2.21. The molecule has 0 radical (unpaired) electrons. The van der Waals surface area contributed by atoms with E-state index in [0.29, 0.717) is 5.92 Å². The second-order valence-electron chi connectivity index (χ2n) is 3.95. The van der Waals surface area contributed by atoms with Gasteiger partial charge in [0.2, 0.25) is 0 Å². The van der Waals surface area contributed by atoms with Crippen molar-refractivity contribution in [3.63, 3.8) is 0 Å². The molecule has 3 heteroatoms. The Morgan fingerprint density at radius 1 is 1.33 bits per heavy atom. The Morgan fingerprint density at radius 3 is 2.80 bits per heavy atom. The number of alkyl halides is 2. The van der Waals surface area contributed by atoms with E-state index in [0.717, 1.165) is 12.8 Å². The van der Waals surface area contributed by atoms with Gasteiger partial charge >= 0.3 is 0 Å². The van der Waals surface area contributed by atoms with Crippen molar-refractivity contribution in [1.29, 1.82) is 0 Å². The molecule has 0 aromatic heterocycles. The van der Waals surface area contributed by atoms with Crippen LogP contribution in [0.4, 0.5) is 0 Å². The molecule has 0 amide bonds. The van der Waals surface area contributed by atoms with Gasteiger partial charge in [0.05, 0.1) is 11.0 Å². The maximum atomic E-state index is 6.31. The van der Waals surface area contributed by atoms with Crippen LogP contribution in [0, 0.1) is 0 Å². The maximum absolute atomic E-state index is 6.31. The number of benzene rings is 1. The van der Waals surface area contributed by atoms with Crippen LogP contribution in [0.25, 0.3) is 0 Å². The second-order valence-corrected chi connectivity index (χ2v) is 4.95. The molecular formula is C12H15Cl2N. The summed E-state index contributed by atoms with van der Waals surface area (Å²) in [5.41, 5.74) is 2.53. The summed E-state index contributed by atoms with van der Waals surface area (Å²) in [5.74, 6) is 0.353. The summed E-state index contributed by atoms with van der Waals surface area (Å²) in [5, 5.41) is 3.22. The van der Waals surface area contributed by atoms with Crippen molar-refractivity contribution in [1.82, 2.24) is 5.32 Å². The molecule has 3 unspecified atom stereocenters. The first-order valence-corrected chi connectivity index (χ1v) is 6.21. The van der Waals surface area contributed by atoms with Crippen molar-refractivity contribution < 1.29 is 0 Å². The predicted molar refractivity (Wildman–Crippen MR) is 65.6 cm³/mol. The minimum absolute atomic E-state index is 0.0646. The number of nitrogens with one attached hydrogen (secondary N) is 1. The van der Waals surface area contributed by atoms with E-state index in [4.69, 9.17) is 23.2 Å². The first kappa shape index (κ1) is 11.3. The van der Waals surface area contributed by atoms with E-state index < -0.39 is 0 Å². The molecule has 0 fully saturated rings. The van der Waals surface area contributed by atoms with Crippen molar-refractivity contribution >= 4 is 23.2 Å². The first-order valence-electron chi connectivity index (χ1n) is 5.34. The van der Waals surface area contributed by atoms with Crippen LogP contribution >= 0.6 is 23.2 Å². The second kappa shape index (κ2) is 4.73. The SMILES string of the molecule is CCC1c2ccccc2CC(Cl)NC1Cl. The van der Waals surface area contributed by atoms with E-state index >= 15 is 0 Å². The van der Waals surface area contributed by atoms with Crippen molar-refractivity contribution in [2.75, 3.05) is 0 Å². The molecule has 1 heterocycles. The highest BCUT2D eigenvalue weighted by Gasteiger charge is 2.27. The molecule has 0 aliphatic carbocycles. The van der Waals surface area contributed by atoms with E-state index in [1.165, 1.54) is 11.1 Å². The molecule has 3 atom stereocenters. The molecule has 0 spiro atoms. The zero-order valence-corrected chi connectivity index (χ0v) is 10.2. The van der Waals surface area contributed by atoms with Crippen molar-refractivity contribution in [2.45, 2.75) is 36.7 Å². The topological polar surface area (TPSA) is 12.0 Å². The molecule has 0 saturated carbocycles. The Bertz CT molecular complexity index is 340. The van der Waals surface area contributed by atoms with Crippen LogP contribution in [0.3, 0.4) is 0 Å². The van der Waals surface area contributed by atoms with Gasteiger partial charge in [0.1, 0.15) is 0 Å². The van der Waals surface area contributed by atoms with Gasteiger partial charge in [-0.3, -0.25) is 5.32 Å². The number of fused-ring (bicyclic) bond motifs is 1. The van der Waals surface area contributed by atoms with Crippen LogP contribution in [0.1, 0.15) is 30.4 Å². The maximum Gasteiger partial charge on any atom is 0.0905 e. The number of rotatable bonds is 1. The number of halogens is 2. The lowest BCUT2D eigenvalue weighted by molar-refractivity contribution is 0.529. The summed E-state index contributed by atoms with van der Waals surface area (Å²) in [4.78, 5) is 0. The fourth-order valence-corrected chi connectivity index (χ4v) is 3.04. The summed E-state index contributed by atoms with van der Waals surface area (Å²) in [6.07, 6.45) is 1.87. The average molecular weight is 244 g/mol. The van der Waals surface area contributed by atoms with E-state index in [-0.39, 0.29) is 11.0 Å². The van der Waals surface area contributed by atoms with E-state index in [9.17, 15) is 0 Å². The third-order valence-electron chi connectivity index (χ3n) is 2.99. The van der Waals surface area contributed by atoms with Crippen molar-refractivity contribution in [3.8, 4) is 0 Å². The monoisotopic (exact) mass is 243 g/mol. The molecule has 0 bridgehead atoms. The molecule has 1 aromatic rings. The molecule has 1 N–H and O–H groups in total. The van der Waals surface area contributed by atoms with Crippen molar-refractivity contribution in [2.24, 2.45) is 0 Å². The number of hydrogen-bond donors (Lipinski definition) is 1. The molecule has 2 rings (SSSR count). The molecule has 15 heavy (non-hydrogen) atoms. The van der Waals surface area contributed by atoms with Gasteiger partial charge in [0, 0.05) is 12.3 Å². The third-order valence-corrected chi connectivity index (χ3v) is 3.70. The fraction of sp³-hybridized carbons (Fsp3) is 0.500. The van der Waals surface area contributed by atoms with Gasteiger partial charge in [0.15, 0.2) is 0 Å². The van der Waals surface area contributed by atoms with E-state index in [1.807, 2.05) is 0 Å². The Morgan fingerprint density at radius 2 is 2.07 bits per heavy atom. The Balaban J connectivity index is 2.41. The van der Waals surface area contributed by atoms with E-state index in [1.54, 1.807) is 0 Å². The summed E-state index contributed by atoms with van der Waals surface area (Å²) in [6.45, 7) is 2.16. The number of hydrogen-bond acceptors (Lipinski definition) is 1. The van der Waals surface area contributed by atoms with Gasteiger partial charge in [-0.25, -0.2) is 0 Å². The lowest BCUT2D eigenvalue weighted by atomic mass is 9.92. The highest BCUT2D eigenvalue weighted by atomic mass is 35.5. The lowest BCUT2D eigenvalue weighted by Crippen LogP contribution is -2.33.